The van der Waals surface area contributed by atoms with Crippen LogP contribution in [-0.4, -0.2) is 54.8 Å². The van der Waals surface area contributed by atoms with Crippen molar-refractivity contribution in [3.63, 3.8) is 0 Å². The van der Waals surface area contributed by atoms with Crippen LogP contribution >= 0.6 is 0 Å². The van der Waals surface area contributed by atoms with Gasteiger partial charge in [-0.05, 0) is 50.4 Å². The van der Waals surface area contributed by atoms with Crippen molar-refractivity contribution in [1.29, 1.82) is 0 Å². The number of aryl methyl sites for hydroxylation is 1. The zero-order chi connectivity index (χ0) is 21.1. The number of nitrogens with one attached hydrogen (secondary N) is 1. The minimum atomic E-state index is 0.450. The summed E-state index contributed by atoms with van der Waals surface area (Å²) < 4.78 is 11.8. The van der Waals surface area contributed by atoms with Crippen molar-refractivity contribution < 1.29 is 9.47 Å². The van der Waals surface area contributed by atoms with E-state index >= 15 is 0 Å². The summed E-state index contributed by atoms with van der Waals surface area (Å²) in [6.45, 7) is 4.97. The first kappa shape index (κ1) is 20.7. The summed E-state index contributed by atoms with van der Waals surface area (Å²) in [5, 5.41) is 2.94. The molecule has 0 bridgehead atoms. The fraction of sp³-hybridized carbons (Fsp3) is 0.565. The molecule has 0 amide bonds. The molecule has 1 atom stereocenters. The average Bonchev–Trinajstić information content (AvgIpc) is 3.43. The molecule has 0 radical (unpaired) electrons. The van der Waals surface area contributed by atoms with Gasteiger partial charge in [-0.2, -0.15) is 4.98 Å². The lowest BCUT2D eigenvalue weighted by molar-refractivity contribution is 0.206. The molecule has 2 heterocycles. The maximum atomic E-state index is 6.26. The monoisotopic (exact) mass is 411 g/mol. The van der Waals surface area contributed by atoms with Gasteiger partial charge in [0.2, 0.25) is 5.95 Å². The van der Waals surface area contributed by atoms with Crippen LogP contribution in [0.25, 0.3) is 11.1 Å². The zero-order valence-electron chi connectivity index (χ0n) is 18.3. The molecule has 7 nitrogen and oxygen atoms in total. The van der Waals surface area contributed by atoms with Crippen LogP contribution in [0.5, 0.6) is 11.5 Å². The second kappa shape index (κ2) is 9.08. The first-order valence-corrected chi connectivity index (χ1v) is 11.0. The molecule has 2 aromatic rings. The summed E-state index contributed by atoms with van der Waals surface area (Å²) >= 11 is 0. The summed E-state index contributed by atoms with van der Waals surface area (Å²) in [4.78, 5) is 11.5. The van der Waals surface area contributed by atoms with Crippen molar-refractivity contribution in [3.05, 3.63) is 23.9 Å². The van der Waals surface area contributed by atoms with Gasteiger partial charge in [0, 0.05) is 31.1 Å². The maximum absolute atomic E-state index is 6.26. The fourth-order valence-electron chi connectivity index (χ4n) is 4.82. The molecule has 7 heteroatoms. The molecule has 162 valence electrons. The number of methoxy groups -OCH3 is 1. The number of likely N-dealkylation sites (tertiary alicyclic amines) is 1. The highest BCUT2D eigenvalue weighted by Gasteiger charge is 2.30. The van der Waals surface area contributed by atoms with Crippen molar-refractivity contribution in [2.75, 3.05) is 44.9 Å². The summed E-state index contributed by atoms with van der Waals surface area (Å²) in [5.74, 6) is 3.00. The normalized spacial score (nSPS) is 19.9. The molecule has 1 unspecified atom stereocenters. The minimum absolute atomic E-state index is 0.450. The van der Waals surface area contributed by atoms with Gasteiger partial charge in [0.15, 0.2) is 11.5 Å². The van der Waals surface area contributed by atoms with E-state index < -0.39 is 0 Å². The number of hydrogen-bond donors (Lipinski definition) is 2. The van der Waals surface area contributed by atoms with Gasteiger partial charge in [-0.25, -0.2) is 4.98 Å². The third-order valence-corrected chi connectivity index (χ3v) is 6.43. The van der Waals surface area contributed by atoms with Gasteiger partial charge in [0.25, 0.3) is 0 Å². The summed E-state index contributed by atoms with van der Waals surface area (Å²) in [7, 11) is 3.45. The predicted octanol–water partition coefficient (Wildman–Crippen LogP) is 3.73. The van der Waals surface area contributed by atoms with Crippen LogP contribution in [0.1, 0.15) is 37.8 Å². The number of nitrogens with two attached hydrogens (primary N) is 1. The fourth-order valence-corrected chi connectivity index (χ4v) is 4.82. The highest BCUT2D eigenvalue weighted by Crippen LogP contribution is 2.36. The molecule has 1 aromatic carbocycles. The lowest BCUT2D eigenvalue weighted by Gasteiger charge is -2.23. The molecule has 3 N–H and O–H groups in total. The largest absolute Gasteiger partial charge is 0.493 e. The molecule has 1 aliphatic carbocycles. The molecule has 4 rings (SSSR count). The van der Waals surface area contributed by atoms with E-state index in [0.717, 1.165) is 40.9 Å². The van der Waals surface area contributed by atoms with Crippen molar-refractivity contribution in [3.8, 4) is 22.6 Å². The third-order valence-electron chi connectivity index (χ3n) is 6.43. The molecule has 0 spiro atoms. The maximum Gasteiger partial charge on any atom is 0.224 e. The lowest BCUT2D eigenvalue weighted by Crippen LogP contribution is -2.31. The van der Waals surface area contributed by atoms with Gasteiger partial charge in [0.05, 0.1) is 19.4 Å². The Bertz CT molecular complexity index is 859. The third kappa shape index (κ3) is 4.31. The van der Waals surface area contributed by atoms with Crippen LogP contribution in [0, 0.1) is 12.8 Å². The Morgan fingerprint density at radius 1 is 1.17 bits per heavy atom. The first-order valence-electron chi connectivity index (χ1n) is 11.0. The lowest BCUT2D eigenvalue weighted by atomic mass is 10.0. The van der Waals surface area contributed by atoms with Crippen LogP contribution in [0.15, 0.2) is 18.2 Å². The average molecular weight is 412 g/mol. The topological polar surface area (TPSA) is 85.5 Å². The second-order valence-electron chi connectivity index (χ2n) is 8.41. The van der Waals surface area contributed by atoms with Gasteiger partial charge in [-0.15, -0.1) is 0 Å². The Morgan fingerprint density at radius 2 is 1.97 bits per heavy atom. The van der Waals surface area contributed by atoms with Crippen LogP contribution < -0.4 is 20.5 Å². The predicted molar refractivity (Wildman–Crippen MR) is 120 cm³/mol. The number of nitrogens with zero attached hydrogens (tertiary/aromatic N) is 3. The van der Waals surface area contributed by atoms with Crippen molar-refractivity contribution in [2.45, 2.75) is 45.1 Å². The van der Waals surface area contributed by atoms with Crippen molar-refractivity contribution >= 4 is 11.8 Å². The van der Waals surface area contributed by atoms with Gasteiger partial charge < -0.3 is 20.5 Å². The molecule has 2 fully saturated rings. The van der Waals surface area contributed by atoms with E-state index in [1.54, 1.807) is 14.2 Å². The molecular weight excluding hydrogens is 378 g/mol. The molecular formula is C23H33N5O2. The van der Waals surface area contributed by atoms with Crippen LogP contribution in [0.4, 0.5) is 11.8 Å². The van der Waals surface area contributed by atoms with E-state index in [-0.39, 0.29) is 0 Å². The number of nitrogen functional groups attached to an aromatic ring is 1. The highest BCUT2D eigenvalue weighted by atomic mass is 16.5. The van der Waals surface area contributed by atoms with Gasteiger partial charge >= 0.3 is 0 Å². The van der Waals surface area contributed by atoms with Crippen LogP contribution in [0.3, 0.4) is 0 Å². The Hall–Kier alpha value is -2.54. The zero-order valence-corrected chi connectivity index (χ0v) is 18.3. The number of anilines is 2. The van der Waals surface area contributed by atoms with Gasteiger partial charge in [-0.1, -0.05) is 18.9 Å². The summed E-state index contributed by atoms with van der Waals surface area (Å²) in [6, 6.07) is 6.68. The molecule has 2 aliphatic rings. The molecule has 30 heavy (non-hydrogen) atoms. The molecule has 1 aliphatic heterocycles. The van der Waals surface area contributed by atoms with Gasteiger partial charge in [0.1, 0.15) is 5.82 Å². The first-order chi connectivity index (χ1) is 14.6. The molecule has 1 saturated carbocycles. The van der Waals surface area contributed by atoms with E-state index in [2.05, 4.69) is 20.2 Å². The Labute approximate surface area is 179 Å². The van der Waals surface area contributed by atoms with Crippen LogP contribution in [0.2, 0.25) is 0 Å². The van der Waals surface area contributed by atoms with E-state index in [1.807, 2.05) is 25.1 Å². The quantitative estimate of drug-likeness (QED) is 0.718. The van der Waals surface area contributed by atoms with Gasteiger partial charge in [-0.3, -0.25) is 4.90 Å². The Morgan fingerprint density at radius 3 is 2.67 bits per heavy atom. The second-order valence-corrected chi connectivity index (χ2v) is 8.41. The minimum Gasteiger partial charge on any atom is -0.493 e. The van der Waals surface area contributed by atoms with Crippen LogP contribution in [-0.2, 0) is 0 Å². The number of hydrogen-bond acceptors (Lipinski definition) is 7. The standard InChI is InChI=1S/C23H33N5O2/c1-15-21(22(24)27-23(25-2)26-15)17-8-9-19(29-3)20(12-17)30-14-16-10-11-28(13-16)18-6-4-5-7-18/h8-9,12,16,18H,4-7,10-11,13-14H2,1-3H3,(H3,24,25,26,27). The Balaban J connectivity index is 1.48. The smallest absolute Gasteiger partial charge is 0.224 e. The van der Waals surface area contributed by atoms with E-state index in [0.29, 0.717) is 24.3 Å². The molecule has 1 saturated heterocycles. The summed E-state index contributed by atoms with van der Waals surface area (Å²) in [5.41, 5.74) is 8.82. The number of ether oxygens (including phenoxy) is 2. The number of benzene rings is 1. The number of rotatable bonds is 7. The van der Waals surface area contributed by atoms with E-state index in [9.17, 15) is 0 Å². The summed E-state index contributed by atoms with van der Waals surface area (Å²) in [6.07, 6.45) is 6.68. The van der Waals surface area contributed by atoms with E-state index in [1.165, 1.54) is 38.6 Å². The molecule has 1 aromatic heterocycles. The van der Waals surface area contributed by atoms with Crippen molar-refractivity contribution in [2.24, 2.45) is 5.92 Å². The van der Waals surface area contributed by atoms with Crippen molar-refractivity contribution in [1.82, 2.24) is 14.9 Å². The number of aromatic nitrogens is 2. The van der Waals surface area contributed by atoms with E-state index in [4.69, 9.17) is 15.2 Å². The highest BCUT2D eigenvalue weighted by molar-refractivity contribution is 5.78. The SMILES string of the molecule is CNc1nc(C)c(-c2ccc(OC)c(OCC3CCN(C4CCCC4)C3)c2)c(N)n1. The Kier molecular flexibility index (Phi) is 6.27.